The van der Waals surface area contributed by atoms with Gasteiger partial charge >= 0.3 is 0 Å². The molecule has 19 heavy (non-hydrogen) atoms. The summed E-state index contributed by atoms with van der Waals surface area (Å²) in [4.78, 5) is 0. The van der Waals surface area contributed by atoms with Gasteiger partial charge in [0.05, 0.1) is 16.4 Å². The van der Waals surface area contributed by atoms with Crippen LogP contribution in [0.15, 0.2) is 18.2 Å². The number of nitrogens with zero attached hydrogens (tertiary/aromatic N) is 2. The van der Waals surface area contributed by atoms with Crippen LogP contribution in [0.4, 0.5) is 0 Å². The molecular formula is C14H16BrClN2O. The summed E-state index contributed by atoms with van der Waals surface area (Å²) in [6.45, 7) is 4.35. The van der Waals surface area contributed by atoms with E-state index in [0.29, 0.717) is 11.6 Å². The summed E-state index contributed by atoms with van der Waals surface area (Å²) in [5.41, 5.74) is 3.97. The Labute approximate surface area is 126 Å². The fraction of sp³-hybridized carbons (Fsp3) is 0.357. The number of ether oxygens (including phenoxy) is 1. The van der Waals surface area contributed by atoms with Crippen molar-refractivity contribution < 1.29 is 4.74 Å². The minimum absolute atomic E-state index is 0.418. The SMILES string of the molecule is Cc1cccc(CBr)c1OCc1c(Cl)c(C)nn1C. The number of benzene rings is 1. The Morgan fingerprint density at radius 2 is 2.11 bits per heavy atom. The van der Waals surface area contributed by atoms with Crippen molar-refractivity contribution in [1.82, 2.24) is 9.78 Å². The minimum Gasteiger partial charge on any atom is -0.487 e. The Kier molecular flexibility index (Phi) is 4.53. The van der Waals surface area contributed by atoms with Gasteiger partial charge in [-0.2, -0.15) is 5.10 Å². The Morgan fingerprint density at radius 1 is 1.37 bits per heavy atom. The molecule has 102 valence electrons. The molecule has 1 heterocycles. The first-order valence-electron chi connectivity index (χ1n) is 5.99. The third kappa shape index (κ3) is 2.95. The Morgan fingerprint density at radius 3 is 2.68 bits per heavy atom. The van der Waals surface area contributed by atoms with Crippen LogP contribution >= 0.6 is 27.5 Å². The molecule has 0 aliphatic rings. The minimum atomic E-state index is 0.418. The highest BCUT2D eigenvalue weighted by Gasteiger charge is 2.13. The second-order valence-electron chi connectivity index (χ2n) is 4.46. The van der Waals surface area contributed by atoms with Gasteiger partial charge in [0.1, 0.15) is 12.4 Å². The van der Waals surface area contributed by atoms with E-state index < -0.39 is 0 Å². The largest absolute Gasteiger partial charge is 0.487 e. The lowest BCUT2D eigenvalue weighted by Crippen LogP contribution is -2.05. The van der Waals surface area contributed by atoms with Crippen LogP contribution in [-0.2, 0) is 19.0 Å². The van der Waals surface area contributed by atoms with Crippen molar-refractivity contribution in [3.05, 3.63) is 45.7 Å². The topological polar surface area (TPSA) is 27.1 Å². The molecule has 1 aromatic carbocycles. The van der Waals surface area contributed by atoms with E-state index in [1.807, 2.05) is 39.1 Å². The Balaban J connectivity index is 2.24. The molecule has 0 saturated heterocycles. The number of rotatable bonds is 4. The number of halogens is 2. The molecule has 0 atom stereocenters. The third-order valence-electron chi connectivity index (χ3n) is 3.05. The molecule has 3 nitrogen and oxygen atoms in total. The van der Waals surface area contributed by atoms with Gasteiger partial charge in [0.15, 0.2) is 0 Å². The summed E-state index contributed by atoms with van der Waals surface area (Å²) in [5.74, 6) is 0.911. The molecule has 2 rings (SSSR count). The molecule has 0 N–H and O–H groups in total. The zero-order valence-electron chi connectivity index (χ0n) is 11.2. The highest BCUT2D eigenvalue weighted by Crippen LogP contribution is 2.28. The number of hydrogen-bond acceptors (Lipinski definition) is 2. The van der Waals surface area contributed by atoms with Crippen molar-refractivity contribution in [3.8, 4) is 5.75 Å². The zero-order valence-corrected chi connectivity index (χ0v) is 13.5. The van der Waals surface area contributed by atoms with E-state index in [9.17, 15) is 0 Å². The maximum Gasteiger partial charge on any atom is 0.131 e. The first-order valence-corrected chi connectivity index (χ1v) is 7.49. The molecule has 5 heteroatoms. The molecule has 0 saturated carbocycles. The number of aromatic nitrogens is 2. The quantitative estimate of drug-likeness (QED) is 0.779. The summed E-state index contributed by atoms with van der Waals surface area (Å²) in [6.07, 6.45) is 0. The first-order chi connectivity index (χ1) is 9.04. The second kappa shape index (κ2) is 5.97. The summed E-state index contributed by atoms with van der Waals surface area (Å²) >= 11 is 9.70. The van der Waals surface area contributed by atoms with E-state index in [1.165, 1.54) is 0 Å². The summed E-state index contributed by atoms with van der Waals surface area (Å²) in [5, 5.41) is 5.73. The lowest BCUT2D eigenvalue weighted by Gasteiger charge is -2.13. The number of aryl methyl sites for hydroxylation is 3. The average Bonchev–Trinajstić information content (AvgIpc) is 2.62. The van der Waals surface area contributed by atoms with Crippen LogP contribution in [0, 0.1) is 13.8 Å². The average molecular weight is 344 g/mol. The van der Waals surface area contributed by atoms with Gasteiger partial charge in [0.2, 0.25) is 0 Å². The van der Waals surface area contributed by atoms with Gasteiger partial charge in [-0.05, 0) is 19.4 Å². The number of alkyl halides is 1. The lowest BCUT2D eigenvalue weighted by molar-refractivity contribution is 0.291. The lowest BCUT2D eigenvalue weighted by atomic mass is 10.1. The van der Waals surface area contributed by atoms with Crippen LogP contribution in [-0.4, -0.2) is 9.78 Å². The van der Waals surface area contributed by atoms with E-state index in [4.69, 9.17) is 16.3 Å². The van der Waals surface area contributed by atoms with Crippen molar-refractivity contribution >= 4 is 27.5 Å². The molecule has 0 aliphatic heterocycles. The molecule has 0 unspecified atom stereocenters. The van der Waals surface area contributed by atoms with Gasteiger partial charge in [-0.3, -0.25) is 4.68 Å². The fourth-order valence-corrected chi connectivity index (χ4v) is 2.66. The monoisotopic (exact) mass is 342 g/mol. The van der Waals surface area contributed by atoms with Crippen LogP contribution in [0.3, 0.4) is 0 Å². The molecule has 0 radical (unpaired) electrons. The zero-order chi connectivity index (χ0) is 14.0. The number of para-hydroxylation sites is 1. The van der Waals surface area contributed by atoms with Crippen molar-refractivity contribution in [2.24, 2.45) is 7.05 Å². The molecule has 0 amide bonds. The van der Waals surface area contributed by atoms with Crippen LogP contribution in [0.5, 0.6) is 5.75 Å². The van der Waals surface area contributed by atoms with Gasteiger partial charge in [0, 0.05) is 17.9 Å². The molecule has 2 aromatic rings. The van der Waals surface area contributed by atoms with E-state index >= 15 is 0 Å². The van der Waals surface area contributed by atoms with Crippen molar-refractivity contribution in [1.29, 1.82) is 0 Å². The van der Waals surface area contributed by atoms with Crippen LogP contribution < -0.4 is 4.74 Å². The van der Waals surface area contributed by atoms with E-state index in [1.54, 1.807) is 4.68 Å². The maximum atomic E-state index is 6.22. The van der Waals surface area contributed by atoms with Gasteiger partial charge in [-0.1, -0.05) is 45.7 Å². The predicted molar refractivity (Wildman–Crippen MR) is 81.1 cm³/mol. The summed E-state index contributed by atoms with van der Waals surface area (Å²) < 4.78 is 7.71. The highest BCUT2D eigenvalue weighted by molar-refractivity contribution is 9.08. The van der Waals surface area contributed by atoms with Crippen molar-refractivity contribution in [2.75, 3.05) is 0 Å². The van der Waals surface area contributed by atoms with Gasteiger partial charge in [-0.15, -0.1) is 0 Å². The molecule has 0 aliphatic carbocycles. The van der Waals surface area contributed by atoms with Gasteiger partial charge < -0.3 is 4.74 Å². The normalized spacial score (nSPS) is 10.8. The maximum absolute atomic E-state index is 6.22. The van der Waals surface area contributed by atoms with Gasteiger partial charge in [-0.25, -0.2) is 0 Å². The smallest absolute Gasteiger partial charge is 0.131 e. The van der Waals surface area contributed by atoms with Crippen molar-refractivity contribution in [3.63, 3.8) is 0 Å². The predicted octanol–water partition coefficient (Wildman–Crippen LogP) is 4.16. The Bertz CT molecular complexity index is 595. The highest BCUT2D eigenvalue weighted by atomic mass is 79.9. The fourth-order valence-electron chi connectivity index (χ4n) is 2.00. The summed E-state index contributed by atoms with van der Waals surface area (Å²) in [7, 11) is 1.88. The van der Waals surface area contributed by atoms with E-state index in [2.05, 4.69) is 21.0 Å². The number of hydrogen-bond donors (Lipinski definition) is 0. The van der Waals surface area contributed by atoms with Gasteiger partial charge in [0.25, 0.3) is 0 Å². The third-order valence-corrected chi connectivity index (χ3v) is 4.15. The molecule has 0 spiro atoms. The summed E-state index contributed by atoms with van der Waals surface area (Å²) in [6, 6.07) is 6.12. The molecular weight excluding hydrogens is 328 g/mol. The van der Waals surface area contributed by atoms with Crippen LogP contribution in [0.1, 0.15) is 22.5 Å². The standard InChI is InChI=1S/C14H16BrClN2O/c1-9-5-4-6-11(7-15)14(9)19-8-12-13(16)10(2)17-18(12)3/h4-6H,7-8H2,1-3H3. The van der Waals surface area contributed by atoms with Crippen molar-refractivity contribution in [2.45, 2.75) is 25.8 Å². The van der Waals surface area contributed by atoms with E-state index in [0.717, 1.165) is 33.6 Å². The molecule has 0 fully saturated rings. The van der Waals surface area contributed by atoms with E-state index in [-0.39, 0.29) is 0 Å². The Hall–Kier alpha value is -1.00. The second-order valence-corrected chi connectivity index (χ2v) is 5.39. The molecule has 1 aromatic heterocycles. The van der Waals surface area contributed by atoms with Crippen LogP contribution in [0.25, 0.3) is 0 Å². The molecule has 0 bridgehead atoms. The van der Waals surface area contributed by atoms with Crippen LogP contribution in [0.2, 0.25) is 5.02 Å². The first kappa shape index (κ1) is 14.4.